The highest BCUT2D eigenvalue weighted by atomic mass is 16.5. The molecule has 1 aromatic carbocycles. The molecule has 2 heterocycles. The molecule has 0 saturated carbocycles. The third-order valence-electron chi connectivity index (χ3n) is 3.57. The van der Waals surface area contributed by atoms with Gasteiger partial charge in [0.15, 0.2) is 11.6 Å². The third-order valence-corrected chi connectivity index (χ3v) is 3.57. The minimum Gasteiger partial charge on any atom is -0.377 e. The molecular weight excluding hydrogens is 252 g/mol. The molecular formula is C15H18N4O. The van der Waals surface area contributed by atoms with Gasteiger partial charge in [-0.2, -0.15) is 5.10 Å². The standard InChI is InChI=1S/C15H18N4O/c1-10-8-18(2)13-6-5-11(7-12(10)13)15-16-14(9-20-4)19(3)17-15/h5-8H,9H2,1-4H3. The van der Waals surface area contributed by atoms with Crippen LogP contribution in [0.1, 0.15) is 11.4 Å². The van der Waals surface area contributed by atoms with Crippen molar-refractivity contribution in [3.63, 3.8) is 0 Å². The van der Waals surface area contributed by atoms with E-state index in [-0.39, 0.29) is 0 Å². The summed E-state index contributed by atoms with van der Waals surface area (Å²) in [5.74, 6) is 1.57. The molecule has 0 bridgehead atoms. The van der Waals surface area contributed by atoms with Crippen molar-refractivity contribution in [1.29, 1.82) is 0 Å². The summed E-state index contributed by atoms with van der Waals surface area (Å²) in [6, 6.07) is 6.33. The zero-order valence-corrected chi connectivity index (χ0v) is 12.2. The van der Waals surface area contributed by atoms with E-state index in [0.29, 0.717) is 6.61 Å². The predicted octanol–water partition coefficient (Wildman–Crippen LogP) is 2.43. The summed E-state index contributed by atoms with van der Waals surface area (Å²) >= 11 is 0. The van der Waals surface area contributed by atoms with Crippen LogP contribution in [0.4, 0.5) is 0 Å². The average Bonchev–Trinajstić information content (AvgIpc) is 2.92. The van der Waals surface area contributed by atoms with E-state index in [9.17, 15) is 0 Å². The molecule has 0 amide bonds. The molecule has 20 heavy (non-hydrogen) atoms. The van der Waals surface area contributed by atoms with Crippen molar-refractivity contribution in [1.82, 2.24) is 19.3 Å². The lowest BCUT2D eigenvalue weighted by atomic mass is 10.1. The van der Waals surface area contributed by atoms with Crippen molar-refractivity contribution in [3.05, 3.63) is 35.8 Å². The highest BCUT2D eigenvalue weighted by molar-refractivity contribution is 5.87. The van der Waals surface area contributed by atoms with Crippen molar-refractivity contribution in [2.45, 2.75) is 13.5 Å². The number of aryl methyl sites for hydroxylation is 3. The average molecular weight is 270 g/mol. The predicted molar refractivity (Wildman–Crippen MR) is 78.4 cm³/mol. The normalized spacial score (nSPS) is 11.4. The zero-order valence-electron chi connectivity index (χ0n) is 12.2. The van der Waals surface area contributed by atoms with Gasteiger partial charge in [-0.15, -0.1) is 0 Å². The van der Waals surface area contributed by atoms with E-state index in [2.05, 4.69) is 53.0 Å². The van der Waals surface area contributed by atoms with Gasteiger partial charge in [-0.3, -0.25) is 4.68 Å². The zero-order chi connectivity index (χ0) is 14.3. The smallest absolute Gasteiger partial charge is 0.181 e. The number of aromatic nitrogens is 4. The van der Waals surface area contributed by atoms with Gasteiger partial charge in [0.25, 0.3) is 0 Å². The molecule has 0 aliphatic rings. The first-order valence-electron chi connectivity index (χ1n) is 6.55. The van der Waals surface area contributed by atoms with Crippen LogP contribution in [0.5, 0.6) is 0 Å². The number of hydrogen-bond acceptors (Lipinski definition) is 3. The second-order valence-corrected chi connectivity index (χ2v) is 5.06. The van der Waals surface area contributed by atoms with Crippen LogP contribution in [0, 0.1) is 6.92 Å². The second-order valence-electron chi connectivity index (χ2n) is 5.06. The summed E-state index contributed by atoms with van der Waals surface area (Å²) < 4.78 is 9.02. The van der Waals surface area contributed by atoms with E-state index >= 15 is 0 Å². The van der Waals surface area contributed by atoms with Crippen LogP contribution >= 0.6 is 0 Å². The highest BCUT2D eigenvalue weighted by Crippen LogP contribution is 2.25. The fraction of sp³-hybridized carbons (Fsp3) is 0.333. The van der Waals surface area contributed by atoms with Gasteiger partial charge in [0, 0.05) is 43.9 Å². The minimum atomic E-state index is 0.468. The Hall–Kier alpha value is -2.14. The third kappa shape index (κ3) is 2.00. The number of fused-ring (bicyclic) bond motifs is 1. The fourth-order valence-electron chi connectivity index (χ4n) is 2.52. The molecule has 0 N–H and O–H groups in total. The van der Waals surface area contributed by atoms with E-state index < -0.39 is 0 Å². The maximum atomic E-state index is 5.12. The van der Waals surface area contributed by atoms with Crippen molar-refractivity contribution in [3.8, 4) is 11.4 Å². The topological polar surface area (TPSA) is 44.9 Å². The summed E-state index contributed by atoms with van der Waals surface area (Å²) in [5.41, 5.74) is 3.52. The van der Waals surface area contributed by atoms with Gasteiger partial charge in [0.1, 0.15) is 6.61 Å². The van der Waals surface area contributed by atoms with Crippen LogP contribution in [-0.4, -0.2) is 26.4 Å². The lowest BCUT2D eigenvalue weighted by molar-refractivity contribution is 0.174. The van der Waals surface area contributed by atoms with Crippen molar-refractivity contribution >= 4 is 10.9 Å². The molecule has 5 nitrogen and oxygen atoms in total. The fourth-order valence-corrected chi connectivity index (χ4v) is 2.52. The van der Waals surface area contributed by atoms with Crippen LogP contribution in [0.2, 0.25) is 0 Å². The first-order chi connectivity index (χ1) is 9.60. The van der Waals surface area contributed by atoms with Gasteiger partial charge < -0.3 is 9.30 Å². The number of ether oxygens (including phenoxy) is 1. The molecule has 0 radical (unpaired) electrons. The molecule has 3 rings (SSSR count). The molecule has 104 valence electrons. The molecule has 2 aromatic heterocycles. The van der Waals surface area contributed by atoms with Crippen LogP contribution < -0.4 is 0 Å². The monoisotopic (exact) mass is 270 g/mol. The number of nitrogens with zero attached hydrogens (tertiary/aromatic N) is 4. The molecule has 5 heteroatoms. The largest absolute Gasteiger partial charge is 0.377 e. The van der Waals surface area contributed by atoms with Gasteiger partial charge in [0.2, 0.25) is 0 Å². The van der Waals surface area contributed by atoms with E-state index in [1.165, 1.54) is 16.5 Å². The van der Waals surface area contributed by atoms with Crippen molar-refractivity contribution < 1.29 is 4.74 Å². The van der Waals surface area contributed by atoms with Crippen LogP contribution in [-0.2, 0) is 25.4 Å². The Morgan fingerprint density at radius 3 is 2.80 bits per heavy atom. The highest BCUT2D eigenvalue weighted by Gasteiger charge is 2.11. The first kappa shape index (κ1) is 12.9. The van der Waals surface area contributed by atoms with Gasteiger partial charge in [-0.05, 0) is 30.7 Å². The Bertz CT molecular complexity index is 770. The molecule has 0 spiro atoms. The van der Waals surface area contributed by atoms with E-state index in [1.807, 2.05) is 7.05 Å². The van der Waals surface area contributed by atoms with Gasteiger partial charge >= 0.3 is 0 Å². The number of methoxy groups -OCH3 is 1. The number of rotatable bonds is 3. The van der Waals surface area contributed by atoms with Crippen molar-refractivity contribution in [2.75, 3.05) is 7.11 Å². The van der Waals surface area contributed by atoms with Gasteiger partial charge in [-0.25, -0.2) is 4.98 Å². The molecule has 0 saturated heterocycles. The van der Waals surface area contributed by atoms with E-state index in [1.54, 1.807) is 11.8 Å². The maximum Gasteiger partial charge on any atom is 0.181 e. The molecule has 0 fully saturated rings. The Balaban J connectivity index is 2.10. The number of benzene rings is 1. The summed E-state index contributed by atoms with van der Waals surface area (Å²) in [4.78, 5) is 4.53. The molecule has 0 atom stereocenters. The summed E-state index contributed by atoms with van der Waals surface area (Å²) in [6.07, 6.45) is 2.14. The van der Waals surface area contributed by atoms with Crippen LogP contribution in [0.3, 0.4) is 0 Å². The summed E-state index contributed by atoms with van der Waals surface area (Å²) in [6.45, 7) is 2.59. The van der Waals surface area contributed by atoms with Crippen LogP contribution in [0.25, 0.3) is 22.3 Å². The Labute approximate surface area is 117 Å². The van der Waals surface area contributed by atoms with Crippen molar-refractivity contribution in [2.24, 2.45) is 14.1 Å². The Morgan fingerprint density at radius 2 is 2.05 bits per heavy atom. The summed E-state index contributed by atoms with van der Waals surface area (Å²) in [5, 5.41) is 5.70. The van der Waals surface area contributed by atoms with E-state index in [0.717, 1.165) is 17.2 Å². The quantitative estimate of drug-likeness (QED) is 0.734. The maximum absolute atomic E-state index is 5.12. The lowest BCUT2D eigenvalue weighted by Gasteiger charge is -1.99. The second kappa shape index (κ2) is 4.76. The first-order valence-corrected chi connectivity index (χ1v) is 6.55. The lowest BCUT2D eigenvalue weighted by Crippen LogP contribution is -2.00. The SMILES string of the molecule is COCc1nc(-c2ccc3c(c2)c(C)cn3C)nn1C. The molecule has 0 aliphatic heterocycles. The molecule has 3 aromatic rings. The van der Waals surface area contributed by atoms with E-state index in [4.69, 9.17) is 4.74 Å². The molecule has 0 aliphatic carbocycles. The Morgan fingerprint density at radius 1 is 1.25 bits per heavy atom. The van der Waals surface area contributed by atoms with Gasteiger partial charge in [-0.1, -0.05) is 0 Å². The number of hydrogen-bond donors (Lipinski definition) is 0. The molecule has 0 unspecified atom stereocenters. The Kier molecular flexibility index (Phi) is 3.06. The van der Waals surface area contributed by atoms with Gasteiger partial charge in [0.05, 0.1) is 0 Å². The summed E-state index contributed by atoms with van der Waals surface area (Å²) in [7, 11) is 5.61. The minimum absolute atomic E-state index is 0.468. The van der Waals surface area contributed by atoms with Crippen LogP contribution in [0.15, 0.2) is 24.4 Å².